The zero-order chi connectivity index (χ0) is 13.9. The largest absolute Gasteiger partial charge is 0.417 e. The van der Waals surface area contributed by atoms with E-state index in [1.165, 1.54) is 6.07 Å². The van der Waals surface area contributed by atoms with Crippen LogP contribution in [0.4, 0.5) is 13.2 Å². The molecule has 0 saturated carbocycles. The molecule has 0 N–H and O–H groups in total. The first kappa shape index (κ1) is 14.1. The van der Waals surface area contributed by atoms with Crippen LogP contribution >= 0.6 is 15.9 Å². The Bertz CT molecular complexity index is 523. The van der Waals surface area contributed by atoms with Gasteiger partial charge in [-0.2, -0.15) is 13.2 Å². The minimum atomic E-state index is -4.33. The standard InChI is InChI=1S/C14H11BrF3N/c15-13(10-4-2-1-3-5-10)8-12-7-6-11(9-19-12)14(16,17)18/h1-7,9,13H,8H2. The van der Waals surface area contributed by atoms with E-state index in [1.807, 2.05) is 30.3 Å². The zero-order valence-corrected chi connectivity index (χ0v) is 11.4. The Morgan fingerprint density at radius 2 is 1.74 bits per heavy atom. The number of hydrogen-bond acceptors (Lipinski definition) is 1. The lowest BCUT2D eigenvalue weighted by atomic mass is 10.1. The molecule has 0 bridgehead atoms. The summed E-state index contributed by atoms with van der Waals surface area (Å²) in [5.74, 6) is 0. The minimum Gasteiger partial charge on any atom is -0.261 e. The van der Waals surface area contributed by atoms with Crippen molar-refractivity contribution in [2.24, 2.45) is 0 Å². The summed E-state index contributed by atoms with van der Waals surface area (Å²) in [5.41, 5.74) is 0.977. The minimum absolute atomic E-state index is 0.0398. The third-order valence-electron chi connectivity index (χ3n) is 2.70. The van der Waals surface area contributed by atoms with Gasteiger partial charge in [-0.1, -0.05) is 46.3 Å². The van der Waals surface area contributed by atoms with Gasteiger partial charge < -0.3 is 0 Å². The molecule has 2 rings (SSSR count). The van der Waals surface area contributed by atoms with Gasteiger partial charge >= 0.3 is 6.18 Å². The van der Waals surface area contributed by atoms with Crippen molar-refractivity contribution < 1.29 is 13.2 Å². The van der Waals surface area contributed by atoms with Gasteiger partial charge in [-0.05, 0) is 17.7 Å². The van der Waals surface area contributed by atoms with Gasteiger partial charge in [0.05, 0.1) is 5.56 Å². The van der Waals surface area contributed by atoms with Gasteiger partial charge in [-0.3, -0.25) is 4.98 Å². The van der Waals surface area contributed by atoms with Crippen molar-refractivity contribution in [3.63, 3.8) is 0 Å². The van der Waals surface area contributed by atoms with Crippen molar-refractivity contribution in [1.29, 1.82) is 0 Å². The molecule has 1 aromatic carbocycles. The summed E-state index contributed by atoms with van der Waals surface area (Å²) in [6.45, 7) is 0. The van der Waals surface area contributed by atoms with Crippen LogP contribution in [0.1, 0.15) is 21.6 Å². The Labute approximate surface area is 117 Å². The van der Waals surface area contributed by atoms with Crippen molar-refractivity contribution >= 4 is 15.9 Å². The number of rotatable bonds is 3. The Morgan fingerprint density at radius 1 is 1.05 bits per heavy atom. The molecule has 1 atom stereocenters. The third kappa shape index (κ3) is 3.80. The van der Waals surface area contributed by atoms with E-state index in [-0.39, 0.29) is 4.83 Å². The molecule has 0 spiro atoms. The van der Waals surface area contributed by atoms with Crippen molar-refractivity contribution in [2.45, 2.75) is 17.4 Å². The summed E-state index contributed by atoms with van der Waals surface area (Å²) in [6.07, 6.45) is -2.92. The van der Waals surface area contributed by atoms with E-state index < -0.39 is 11.7 Å². The average Bonchev–Trinajstić information content (AvgIpc) is 2.39. The zero-order valence-electron chi connectivity index (χ0n) is 9.86. The maximum absolute atomic E-state index is 12.4. The molecule has 0 saturated heterocycles. The molecule has 2 aromatic rings. The second kappa shape index (κ2) is 5.74. The van der Waals surface area contributed by atoms with Crippen LogP contribution in [0.5, 0.6) is 0 Å². The van der Waals surface area contributed by atoms with Crippen LogP contribution in [0.2, 0.25) is 0 Å². The summed E-state index contributed by atoms with van der Waals surface area (Å²) in [6, 6.07) is 12.2. The van der Waals surface area contributed by atoms with Crippen LogP contribution in [0.15, 0.2) is 48.7 Å². The average molecular weight is 330 g/mol. The molecule has 1 aromatic heterocycles. The van der Waals surface area contributed by atoms with Crippen molar-refractivity contribution in [3.05, 3.63) is 65.5 Å². The molecule has 1 heterocycles. The van der Waals surface area contributed by atoms with Gasteiger partial charge in [0.15, 0.2) is 0 Å². The quantitative estimate of drug-likeness (QED) is 0.738. The van der Waals surface area contributed by atoms with Gasteiger partial charge in [0.1, 0.15) is 0 Å². The van der Waals surface area contributed by atoms with Crippen LogP contribution in [-0.2, 0) is 12.6 Å². The van der Waals surface area contributed by atoms with Gasteiger partial charge in [-0.15, -0.1) is 0 Å². The van der Waals surface area contributed by atoms with E-state index in [0.29, 0.717) is 12.1 Å². The highest BCUT2D eigenvalue weighted by molar-refractivity contribution is 9.09. The monoisotopic (exact) mass is 329 g/mol. The lowest BCUT2D eigenvalue weighted by Crippen LogP contribution is -2.06. The number of hydrogen-bond donors (Lipinski definition) is 0. The molecule has 1 unspecified atom stereocenters. The molecule has 0 aliphatic carbocycles. The van der Waals surface area contributed by atoms with Crippen molar-refractivity contribution in [1.82, 2.24) is 4.98 Å². The molecule has 100 valence electrons. The maximum atomic E-state index is 12.4. The Kier molecular flexibility index (Phi) is 4.24. The second-order valence-electron chi connectivity index (χ2n) is 4.12. The van der Waals surface area contributed by atoms with Gasteiger partial charge in [-0.25, -0.2) is 0 Å². The Morgan fingerprint density at radius 3 is 2.26 bits per heavy atom. The van der Waals surface area contributed by atoms with E-state index in [9.17, 15) is 13.2 Å². The van der Waals surface area contributed by atoms with E-state index in [1.54, 1.807) is 0 Å². The highest BCUT2D eigenvalue weighted by Crippen LogP contribution is 2.30. The number of benzene rings is 1. The predicted molar refractivity (Wildman–Crippen MR) is 71.1 cm³/mol. The number of pyridine rings is 1. The fourth-order valence-corrected chi connectivity index (χ4v) is 2.31. The first-order chi connectivity index (χ1) is 8.97. The van der Waals surface area contributed by atoms with Gasteiger partial charge in [0, 0.05) is 23.1 Å². The molecule has 19 heavy (non-hydrogen) atoms. The summed E-state index contributed by atoms with van der Waals surface area (Å²) < 4.78 is 37.2. The third-order valence-corrected chi connectivity index (χ3v) is 3.55. The normalized spacial score (nSPS) is 13.3. The van der Waals surface area contributed by atoms with Gasteiger partial charge in [0.2, 0.25) is 0 Å². The van der Waals surface area contributed by atoms with Crippen LogP contribution in [0, 0.1) is 0 Å². The Hall–Kier alpha value is -1.36. The van der Waals surface area contributed by atoms with Crippen LogP contribution < -0.4 is 0 Å². The molecule has 1 nitrogen and oxygen atoms in total. The molecule has 0 aliphatic rings. The lowest BCUT2D eigenvalue weighted by Gasteiger charge is -2.11. The van der Waals surface area contributed by atoms with Crippen LogP contribution in [0.3, 0.4) is 0 Å². The van der Waals surface area contributed by atoms with E-state index in [4.69, 9.17) is 0 Å². The van der Waals surface area contributed by atoms with E-state index >= 15 is 0 Å². The van der Waals surface area contributed by atoms with E-state index in [0.717, 1.165) is 17.8 Å². The Balaban J connectivity index is 2.08. The highest BCUT2D eigenvalue weighted by atomic mass is 79.9. The maximum Gasteiger partial charge on any atom is 0.417 e. The molecular formula is C14H11BrF3N. The SMILES string of the molecule is FC(F)(F)c1ccc(CC(Br)c2ccccc2)nc1. The number of halogens is 4. The topological polar surface area (TPSA) is 12.9 Å². The fraction of sp³-hybridized carbons (Fsp3) is 0.214. The second-order valence-corrected chi connectivity index (χ2v) is 5.22. The molecule has 5 heteroatoms. The fourth-order valence-electron chi connectivity index (χ4n) is 1.68. The molecule has 0 aliphatic heterocycles. The van der Waals surface area contributed by atoms with Crippen molar-refractivity contribution in [3.8, 4) is 0 Å². The summed E-state index contributed by atoms with van der Waals surface area (Å²) in [7, 11) is 0. The van der Waals surface area contributed by atoms with Crippen molar-refractivity contribution in [2.75, 3.05) is 0 Å². The predicted octanol–water partition coefficient (Wildman–Crippen LogP) is 4.78. The summed E-state index contributed by atoms with van der Waals surface area (Å²) in [4.78, 5) is 3.90. The lowest BCUT2D eigenvalue weighted by molar-refractivity contribution is -0.137. The molecule has 0 fully saturated rings. The highest BCUT2D eigenvalue weighted by Gasteiger charge is 2.30. The number of nitrogens with zero attached hydrogens (tertiary/aromatic N) is 1. The molecule has 0 amide bonds. The van der Waals surface area contributed by atoms with Gasteiger partial charge in [0.25, 0.3) is 0 Å². The number of alkyl halides is 4. The molecular weight excluding hydrogens is 319 g/mol. The van der Waals surface area contributed by atoms with E-state index in [2.05, 4.69) is 20.9 Å². The molecule has 0 radical (unpaired) electrons. The smallest absolute Gasteiger partial charge is 0.261 e. The van der Waals surface area contributed by atoms with Crippen LogP contribution in [-0.4, -0.2) is 4.98 Å². The first-order valence-electron chi connectivity index (χ1n) is 5.68. The first-order valence-corrected chi connectivity index (χ1v) is 6.59. The van der Waals surface area contributed by atoms with Crippen LogP contribution in [0.25, 0.3) is 0 Å². The summed E-state index contributed by atoms with van der Waals surface area (Å²) in [5, 5.41) is 0. The summed E-state index contributed by atoms with van der Waals surface area (Å²) >= 11 is 3.52. The number of aromatic nitrogens is 1.